The Balaban J connectivity index is 2.77. The molecule has 0 fully saturated rings. The summed E-state index contributed by atoms with van der Waals surface area (Å²) >= 11 is 9.42. The Morgan fingerprint density at radius 1 is 1.38 bits per heavy atom. The van der Waals surface area contributed by atoms with Gasteiger partial charge in [0.2, 0.25) is 0 Å². The van der Waals surface area contributed by atoms with Crippen molar-refractivity contribution < 1.29 is 4.79 Å². The maximum atomic E-state index is 11.9. The molecule has 0 N–H and O–H groups in total. The highest BCUT2D eigenvalue weighted by molar-refractivity contribution is 9.10. The molecule has 1 nitrogen and oxygen atoms in total. The largest absolute Gasteiger partial charge is 0.299 e. The summed E-state index contributed by atoms with van der Waals surface area (Å²) in [5.41, 5.74) is 0.905. The van der Waals surface area contributed by atoms with E-state index in [1.54, 1.807) is 0 Å². The van der Waals surface area contributed by atoms with Crippen LogP contribution < -0.4 is 0 Å². The first-order valence-corrected chi connectivity index (χ1v) is 6.55. The van der Waals surface area contributed by atoms with Crippen LogP contribution in [-0.2, 0) is 11.2 Å². The molecular weight excluding hydrogens is 287 g/mol. The van der Waals surface area contributed by atoms with Gasteiger partial charge in [-0.25, -0.2) is 0 Å². The Morgan fingerprint density at radius 3 is 2.50 bits per heavy atom. The molecule has 1 unspecified atom stereocenters. The quantitative estimate of drug-likeness (QED) is 0.800. The number of ketones is 1. The zero-order valence-electron chi connectivity index (χ0n) is 9.76. The molecule has 0 bridgehead atoms. The molecule has 0 spiro atoms. The topological polar surface area (TPSA) is 17.1 Å². The molecule has 0 saturated carbocycles. The molecule has 0 amide bonds. The summed E-state index contributed by atoms with van der Waals surface area (Å²) in [5, 5.41) is 0.652. The van der Waals surface area contributed by atoms with Crippen LogP contribution in [0.25, 0.3) is 0 Å². The molecule has 0 aliphatic heterocycles. The van der Waals surface area contributed by atoms with Crippen LogP contribution in [0.15, 0.2) is 22.7 Å². The van der Waals surface area contributed by atoms with Gasteiger partial charge in [-0.3, -0.25) is 4.79 Å². The minimum atomic E-state index is 0.0831. The van der Waals surface area contributed by atoms with Crippen molar-refractivity contribution in [1.29, 1.82) is 0 Å². The average Bonchev–Trinajstić information content (AvgIpc) is 2.20. The maximum Gasteiger partial charge on any atom is 0.140 e. The van der Waals surface area contributed by atoms with Crippen LogP contribution in [0.3, 0.4) is 0 Å². The van der Waals surface area contributed by atoms with Gasteiger partial charge < -0.3 is 0 Å². The summed E-state index contributed by atoms with van der Waals surface area (Å²) in [6.45, 7) is 6.09. The maximum absolute atomic E-state index is 11.9. The fraction of sp³-hybridized carbons (Fsp3) is 0.462. The molecule has 0 heterocycles. The summed E-state index contributed by atoms with van der Waals surface area (Å²) in [7, 11) is 0. The first-order chi connectivity index (χ1) is 7.41. The molecule has 0 aliphatic rings. The molecular formula is C13H16BrClO. The third-order valence-electron chi connectivity index (χ3n) is 2.89. The molecule has 1 aromatic rings. The molecule has 16 heavy (non-hydrogen) atoms. The van der Waals surface area contributed by atoms with Crippen LogP contribution in [0.2, 0.25) is 5.02 Å². The molecule has 3 heteroatoms. The lowest BCUT2D eigenvalue weighted by Gasteiger charge is -2.14. The van der Waals surface area contributed by atoms with E-state index in [4.69, 9.17) is 11.6 Å². The van der Waals surface area contributed by atoms with Gasteiger partial charge in [0.1, 0.15) is 5.78 Å². The van der Waals surface area contributed by atoms with Crippen molar-refractivity contribution in [2.45, 2.75) is 27.2 Å². The van der Waals surface area contributed by atoms with Crippen LogP contribution in [-0.4, -0.2) is 5.78 Å². The predicted molar refractivity (Wildman–Crippen MR) is 71.9 cm³/mol. The molecule has 88 valence electrons. The summed E-state index contributed by atoms with van der Waals surface area (Å²) in [6.07, 6.45) is 0.422. The van der Waals surface area contributed by atoms with Gasteiger partial charge in [0.25, 0.3) is 0 Å². The van der Waals surface area contributed by atoms with E-state index in [1.807, 2.05) is 25.1 Å². The van der Waals surface area contributed by atoms with Crippen molar-refractivity contribution in [2.75, 3.05) is 0 Å². The number of Topliss-reactive ketones (excluding diaryl/α,β-unsaturated/α-hetero) is 1. The summed E-state index contributed by atoms with van der Waals surface area (Å²) < 4.78 is 0.936. The lowest BCUT2D eigenvalue weighted by Crippen LogP contribution is -2.18. The van der Waals surface area contributed by atoms with Crippen molar-refractivity contribution in [2.24, 2.45) is 11.8 Å². The van der Waals surface area contributed by atoms with Gasteiger partial charge in [-0.05, 0) is 23.6 Å². The normalized spacial score (nSPS) is 12.9. The van der Waals surface area contributed by atoms with E-state index in [9.17, 15) is 4.79 Å². The molecule has 0 saturated heterocycles. The lowest BCUT2D eigenvalue weighted by molar-refractivity contribution is -0.122. The monoisotopic (exact) mass is 302 g/mol. The third-order valence-corrected chi connectivity index (χ3v) is 3.73. The second-order valence-corrected chi connectivity index (χ2v) is 5.73. The summed E-state index contributed by atoms with van der Waals surface area (Å²) in [4.78, 5) is 11.9. The Bertz CT molecular complexity index is 388. The molecule has 0 aromatic heterocycles. The van der Waals surface area contributed by atoms with Gasteiger partial charge >= 0.3 is 0 Å². The Labute approximate surface area is 110 Å². The van der Waals surface area contributed by atoms with Gasteiger partial charge in [0.05, 0.1) is 0 Å². The first kappa shape index (κ1) is 13.7. The fourth-order valence-corrected chi connectivity index (χ4v) is 2.13. The number of benzene rings is 1. The lowest BCUT2D eigenvalue weighted by atomic mass is 9.90. The molecule has 1 atom stereocenters. The van der Waals surface area contributed by atoms with Crippen molar-refractivity contribution in [3.8, 4) is 0 Å². The van der Waals surface area contributed by atoms with Crippen LogP contribution in [0.4, 0.5) is 0 Å². The smallest absolute Gasteiger partial charge is 0.140 e. The summed E-state index contributed by atoms with van der Waals surface area (Å²) in [6, 6.07) is 5.64. The van der Waals surface area contributed by atoms with Crippen molar-refractivity contribution in [3.05, 3.63) is 33.3 Å². The zero-order valence-corrected chi connectivity index (χ0v) is 12.1. The van der Waals surface area contributed by atoms with Gasteiger partial charge in [0.15, 0.2) is 0 Å². The van der Waals surface area contributed by atoms with Crippen molar-refractivity contribution in [1.82, 2.24) is 0 Å². The Kier molecular flexibility index (Phi) is 5.00. The second kappa shape index (κ2) is 5.83. The molecule has 1 aromatic carbocycles. The Morgan fingerprint density at radius 2 is 2.00 bits per heavy atom. The number of carbonyl (C=O) groups excluding carboxylic acids is 1. The third kappa shape index (κ3) is 3.60. The minimum absolute atomic E-state index is 0.0831. The number of halogens is 2. The van der Waals surface area contributed by atoms with Gasteiger partial charge in [0, 0.05) is 21.8 Å². The van der Waals surface area contributed by atoms with E-state index in [2.05, 4.69) is 29.8 Å². The fourth-order valence-electron chi connectivity index (χ4n) is 1.39. The highest BCUT2D eigenvalue weighted by atomic mass is 79.9. The van der Waals surface area contributed by atoms with Crippen LogP contribution in [0, 0.1) is 11.8 Å². The van der Waals surface area contributed by atoms with E-state index in [0.717, 1.165) is 10.0 Å². The second-order valence-electron chi connectivity index (χ2n) is 4.41. The highest BCUT2D eigenvalue weighted by Gasteiger charge is 2.17. The average molecular weight is 304 g/mol. The molecule has 0 aliphatic carbocycles. The van der Waals surface area contributed by atoms with Crippen LogP contribution >= 0.6 is 27.5 Å². The number of carbonyl (C=O) groups is 1. The van der Waals surface area contributed by atoms with E-state index < -0.39 is 0 Å². The molecule has 0 radical (unpaired) electrons. The van der Waals surface area contributed by atoms with Crippen molar-refractivity contribution >= 4 is 33.3 Å². The van der Waals surface area contributed by atoms with E-state index >= 15 is 0 Å². The standard InChI is InChI=1S/C13H16BrClO/c1-8(2)9(3)13(16)6-10-4-5-11(14)7-12(10)15/h4-5,7-9H,6H2,1-3H3. The predicted octanol–water partition coefficient (Wildman–Crippen LogP) is 4.51. The number of hydrogen-bond acceptors (Lipinski definition) is 1. The number of hydrogen-bond donors (Lipinski definition) is 0. The minimum Gasteiger partial charge on any atom is -0.299 e. The van der Waals surface area contributed by atoms with Crippen molar-refractivity contribution in [3.63, 3.8) is 0 Å². The van der Waals surface area contributed by atoms with E-state index in [0.29, 0.717) is 17.4 Å². The van der Waals surface area contributed by atoms with Gasteiger partial charge in [-0.2, -0.15) is 0 Å². The highest BCUT2D eigenvalue weighted by Crippen LogP contribution is 2.23. The number of rotatable bonds is 4. The van der Waals surface area contributed by atoms with E-state index in [1.165, 1.54) is 0 Å². The van der Waals surface area contributed by atoms with Crippen LogP contribution in [0.5, 0.6) is 0 Å². The van der Waals surface area contributed by atoms with E-state index in [-0.39, 0.29) is 11.7 Å². The zero-order chi connectivity index (χ0) is 12.3. The van der Waals surface area contributed by atoms with Gasteiger partial charge in [-0.15, -0.1) is 0 Å². The Hall–Kier alpha value is -0.340. The van der Waals surface area contributed by atoms with Gasteiger partial charge in [-0.1, -0.05) is 54.4 Å². The summed E-state index contributed by atoms with van der Waals surface area (Å²) in [5.74, 6) is 0.709. The first-order valence-electron chi connectivity index (χ1n) is 5.38. The molecule has 1 rings (SSSR count). The van der Waals surface area contributed by atoms with Crippen LogP contribution in [0.1, 0.15) is 26.3 Å². The SMILES string of the molecule is CC(C)C(C)C(=O)Cc1ccc(Br)cc1Cl.